The number of ether oxygens (including phenoxy) is 1. The van der Waals surface area contributed by atoms with Gasteiger partial charge < -0.3 is 10.1 Å². The summed E-state index contributed by atoms with van der Waals surface area (Å²) >= 11 is 0. The molecule has 0 aliphatic rings. The number of nitrogens with zero attached hydrogens (tertiary/aromatic N) is 1. The van der Waals surface area contributed by atoms with Crippen molar-refractivity contribution < 1.29 is 17.9 Å². The van der Waals surface area contributed by atoms with Crippen LogP contribution < -0.4 is 10.1 Å². The summed E-state index contributed by atoms with van der Waals surface area (Å²) in [6.07, 6.45) is -1.74. The number of benzene rings is 2. The second-order valence-electron chi connectivity index (χ2n) is 5.90. The van der Waals surface area contributed by atoms with Crippen molar-refractivity contribution in [3.05, 3.63) is 71.9 Å². The van der Waals surface area contributed by atoms with Crippen molar-refractivity contribution in [3.8, 4) is 5.75 Å². The van der Waals surface area contributed by atoms with Gasteiger partial charge in [-0.15, -0.1) is 0 Å². The first-order valence-corrected chi connectivity index (χ1v) is 8.74. The number of rotatable bonds is 8. The Balaban J connectivity index is 2.37. The van der Waals surface area contributed by atoms with E-state index < -0.39 is 11.9 Å². The summed E-state index contributed by atoms with van der Waals surface area (Å²) in [7, 11) is 1.50. The zero-order chi connectivity index (χ0) is 19.7. The van der Waals surface area contributed by atoms with Crippen LogP contribution in [0.25, 0.3) is 0 Å². The molecule has 0 fully saturated rings. The lowest BCUT2D eigenvalue weighted by atomic mass is 10.1. The SMILES string of the molecule is CCCCN=C(/C=C(/Nc1ccc(OC)cc1)C(F)(F)F)c1ccccc1. The Kier molecular flexibility index (Phi) is 7.46. The van der Waals surface area contributed by atoms with E-state index in [0.29, 0.717) is 29.3 Å². The summed E-state index contributed by atoms with van der Waals surface area (Å²) in [4.78, 5) is 4.39. The molecule has 144 valence electrons. The summed E-state index contributed by atoms with van der Waals surface area (Å²) in [6, 6.07) is 15.2. The molecule has 6 heteroatoms. The number of hydrogen-bond acceptors (Lipinski definition) is 3. The third-order valence-corrected chi connectivity index (χ3v) is 3.82. The monoisotopic (exact) mass is 376 g/mol. The number of hydrogen-bond donors (Lipinski definition) is 1. The molecule has 0 bridgehead atoms. The first-order chi connectivity index (χ1) is 12.9. The minimum absolute atomic E-state index is 0.303. The number of unbranched alkanes of at least 4 members (excludes halogenated alkanes) is 1. The van der Waals surface area contributed by atoms with Gasteiger partial charge in [-0.05, 0) is 42.3 Å². The van der Waals surface area contributed by atoms with Gasteiger partial charge in [-0.25, -0.2) is 0 Å². The number of halogens is 3. The third kappa shape index (κ3) is 6.47. The van der Waals surface area contributed by atoms with E-state index in [1.165, 1.54) is 19.2 Å². The van der Waals surface area contributed by atoms with Crippen molar-refractivity contribution in [1.82, 2.24) is 0 Å². The average Bonchev–Trinajstić information content (AvgIpc) is 2.67. The summed E-state index contributed by atoms with van der Waals surface area (Å²) < 4.78 is 45.9. The summed E-state index contributed by atoms with van der Waals surface area (Å²) in [6.45, 7) is 2.49. The van der Waals surface area contributed by atoms with Gasteiger partial charge in [0.1, 0.15) is 11.4 Å². The molecule has 2 aromatic rings. The predicted molar refractivity (Wildman–Crippen MR) is 104 cm³/mol. The van der Waals surface area contributed by atoms with Crippen LogP contribution >= 0.6 is 0 Å². The van der Waals surface area contributed by atoms with Gasteiger partial charge in [0.2, 0.25) is 0 Å². The quantitative estimate of drug-likeness (QED) is 0.464. The van der Waals surface area contributed by atoms with Gasteiger partial charge >= 0.3 is 6.18 Å². The number of methoxy groups -OCH3 is 1. The molecule has 0 saturated heterocycles. The van der Waals surface area contributed by atoms with Crippen LogP contribution in [0.3, 0.4) is 0 Å². The van der Waals surface area contributed by atoms with Crippen molar-refractivity contribution in [2.24, 2.45) is 4.99 Å². The van der Waals surface area contributed by atoms with Crippen LogP contribution in [-0.2, 0) is 0 Å². The van der Waals surface area contributed by atoms with E-state index in [9.17, 15) is 13.2 Å². The Bertz CT molecular complexity index is 766. The molecule has 0 radical (unpaired) electrons. The topological polar surface area (TPSA) is 33.6 Å². The Hall–Kier alpha value is -2.76. The van der Waals surface area contributed by atoms with Crippen LogP contribution in [0, 0.1) is 0 Å². The Labute approximate surface area is 157 Å². The normalized spacial score (nSPS) is 12.8. The first-order valence-electron chi connectivity index (χ1n) is 8.74. The minimum atomic E-state index is -4.54. The fourth-order valence-electron chi connectivity index (χ4n) is 2.34. The standard InChI is InChI=1S/C21H23F3N2O/c1-3-4-14-25-19(16-8-6-5-7-9-16)15-20(21(22,23)24)26-17-10-12-18(27-2)13-11-17/h5-13,15,26H,3-4,14H2,1-2H3/b20-15+,25-19?. The van der Waals surface area contributed by atoms with E-state index in [0.717, 1.165) is 18.9 Å². The van der Waals surface area contributed by atoms with E-state index >= 15 is 0 Å². The zero-order valence-corrected chi connectivity index (χ0v) is 15.4. The van der Waals surface area contributed by atoms with Crippen molar-refractivity contribution >= 4 is 11.4 Å². The molecule has 0 spiro atoms. The number of nitrogens with one attached hydrogen (secondary N) is 1. The third-order valence-electron chi connectivity index (χ3n) is 3.82. The largest absolute Gasteiger partial charge is 0.497 e. The van der Waals surface area contributed by atoms with Crippen molar-refractivity contribution in [2.75, 3.05) is 19.0 Å². The predicted octanol–water partition coefficient (Wildman–Crippen LogP) is 5.84. The minimum Gasteiger partial charge on any atom is -0.497 e. The van der Waals surface area contributed by atoms with E-state index in [-0.39, 0.29) is 0 Å². The van der Waals surface area contributed by atoms with Gasteiger partial charge in [0.05, 0.1) is 12.8 Å². The van der Waals surface area contributed by atoms with Gasteiger partial charge in [-0.3, -0.25) is 4.99 Å². The molecule has 0 heterocycles. The highest BCUT2D eigenvalue weighted by Gasteiger charge is 2.34. The van der Waals surface area contributed by atoms with Crippen LogP contribution in [0.1, 0.15) is 25.3 Å². The Morgan fingerprint density at radius 1 is 1.07 bits per heavy atom. The Morgan fingerprint density at radius 3 is 2.30 bits per heavy atom. The number of allylic oxidation sites excluding steroid dienone is 2. The fourth-order valence-corrected chi connectivity index (χ4v) is 2.34. The van der Waals surface area contributed by atoms with E-state index in [2.05, 4.69) is 10.3 Å². The molecule has 0 aliphatic carbocycles. The van der Waals surface area contributed by atoms with Crippen LogP contribution in [-0.4, -0.2) is 25.5 Å². The lowest BCUT2D eigenvalue weighted by Gasteiger charge is -2.15. The van der Waals surface area contributed by atoms with Gasteiger partial charge in [0.25, 0.3) is 0 Å². The van der Waals surface area contributed by atoms with Gasteiger partial charge in [-0.2, -0.15) is 13.2 Å². The maximum absolute atomic E-state index is 13.6. The zero-order valence-electron chi connectivity index (χ0n) is 15.4. The van der Waals surface area contributed by atoms with Crippen molar-refractivity contribution in [2.45, 2.75) is 25.9 Å². The van der Waals surface area contributed by atoms with E-state index in [4.69, 9.17) is 4.74 Å². The second kappa shape index (κ2) is 9.80. The van der Waals surface area contributed by atoms with Crippen LogP contribution in [0.15, 0.2) is 71.4 Å². The number of anilines is 1. The van der Waals surface area contributed by atoms with E-state index in [1.54, 1.807) is 36.4 Å². The molecule has 0 saturated carbocycles. The maximum Gasteiger partial charge on any atom is 0.431 e. The van der Waals surface area contributed by atoms with Crippen LogP contribution in [0.4, 0.5) is 18.9 Å². The highest BCUT2D eigenvalue weighted by atomic mass is 19.4. The fraction of sp³-hybridized carbons (Fsp3) is 0.286. The summed E-state index contributed by atoms with van der Waals surface area (Å²) in [5.74, 6) is 0.573. The molecular formula is C21H23F3N2O. The Morgan fingerprint density at radius 2 is 1.74 bits per heavy atom. The molecule has 0 atom stereocenters. The lowest BCUT2D eigenvalue weighted by Crippen LogP contribution is -2.21. The molecule has 27 heavy (non-hydrogen) atoms. The van der Waals surface area contributed by atoms with Gasteiger partial charge in [0, 0.05) is 12.2 Å². The molecule has 3 nitrogen and oxygen atoms in total. The summed E-state index contributed by atoms with van der Waals surface area (Å²) in [5, 5.41) is 2.46. The molecule has 0 unspecified atom stereocenters. The average molecular weight is 376 g/mol. The van der Waals surface area contributed by atoms with Gasteiger partial charge in [0.15, 0.2) is 0 Å². The number of aliphatic imine (C=N–C) groups is 1. The van der Waals surface area contributed by atoms with Crippen molar-refractivity contribution in [3.63, 3.8) is 0 Å². The van der Waals surface area contributed by atoms with Crippen molar-refractivity contribution in [1.29, 1.82) is 0 Å². The highest BCUT2D eigenvalue weighted by molar-refractivity contribution is 6.09. The van der Waals surface area contributed by atoms with Gasteiger partial charge in [-0.1, -0.05) is 43.7 Å². The molecule has 2 aromatic carbocycles. The second-order valence-corrected chi connectivity index (χ2v) is 5.90. The molecule has 0 aromatic heterocycles. The number of alkyl halides is 3. The molecule has 0 aliphatic heterocycles. The molecular weight excluding hydrogens is 353 g/mol. The summed E-state index contributed by atoms with van der Waals surface area (Å²) in [5.41, 5.74) is 0.399. The van der Waals surface area contributed by atoms with Crippen LogP contribution in [0.5, 0.6) is 5.75 Å². The maximum atomic E-state index is 13.6. The first kappa shape index (κ1) is 20.6. The molecule has 2 rings (SSSR count). The highest BCUT2D eigenvalue weighted by Crippen LogP contribution is 2.28. The van der Waals surface area contributed by atoms with E-state index in [1.807, 2.05) is 13.0 Å². The van der Waals surface area contributed by atoms with Crippen LogP contribution in [0.2, 0.25) is 0 Å². The lowest BCUT2D eigenvalue weighted by molar-refractivity contribution is -0.0901. The molecule has 1 N–H and O–H groups in total. The smallest absolute Gasteiger partial charge is 0.431 e. The molecule has 0 amide bonds.